The Bertz CT molecular complexity index is 2180. The number of carbonyl (C=O) groups is 6. The van der Waals surface area contributed by atoms with E-state index in [1.54, 1.807) is 44.2 Å². The maximum absolute atomic E-state index is 14.1. The molecule has 21 nitrogen and oxygen atoms in total. The van der Waals surface area contributed by atoms with Crippen molar-refractivity contribution in [2.45, 2.75) is 77.9 Å². The predicted octanol–water partition coefficient (Wildman–Crippen LogP) is 0.0747. The van der Waals surface area contributed by atoms with E-state index in [1.165, 1.54) is 12.4 Å². The molecule has 2 amide bonds. The van der Waals surface area contributed by atoms with E-state index in [-0.39, 0.29) is 31.0 Å². The summed E-state index contributed by atoms with van der Waals surface area (Å²) in [6.07, 6.45) is 3.24. The molecule has 0 aliphatic carbocycles. The first kappa shape index (κ1) is 41.9. The van der Waals surface area contributed by atoms with Crippen molar-refractivity contribution >= 4 is 47.0 Å². The van der Waals surface area contributed by atoms with Crippen molar-refractivity contribution in [3.05, 3.63) is 92.8 Å². The molecule has 0 aliphatic heterocycles. The van der Waals surface area contributed by atoms with Gasteiger partial charge in [-0.15, -0.1) is 0 Å². The van der Waals surface area contributed by atoms with Crippen LogP contribution in [0.2, 0.25) is 0 Å². The number of anilines is 2. The number of nitrogens with one attached hydrogen (secondary N) is 2. The molecule has 4 N–H and O–H groups in total. The second-order valence-corrected chi connectivity index (χ2v) is 12.4. The molecule has 21 heteroatoms. The average Bonchev–Trinajstić information content (AvgIpc) is 3.55. The number of Topliss-reactive ketones (excluding diaryl/α,β-unsaturated/α-hetero) is 2. The number of ketones is 2. The normalized spacial score (nSPS) is 12.6. The number of aliphatic carboxylic acids is 2. The lowest BCUT2D eigenvalue weighted by atomic mass is 10.1. The average molecular weight is 778 g/mol. The van der Waals surface area contributed by atoms with E-state index in [2.05, 4.69) is 30.9 Å². The molecule has 56 heavy (non-hydrogen) atoms. The minimum absolute atomic E-state index is 0.00916. The Morgan fingerprint density at radius 2 is 1.54 bits per heavy atom. The lowest BCUT2D eigenvalue weighted by Crippen LogP contribution is -2.46. The van der Waals surface area contributed by atoms with Crippen LogP contribution < -0.4 is 26.7 Å². The summed E-state index contributed by atoms with van der Waals surface area (Å²) in [6, 6.07) is 4.80. The van der Waals surface area contributed by atoms with Crippen LogP contribution in [0.25, 0.3) is 0 Å². The van der Waals surface area contributed by atoms with Gasteiger partial charge in [-0.3, -0.25) is 47.8 Å². The summed E-state index contributed by atoms with van der Waals surface area (Å²) in [6.45, 7) is 2.73. The minimum atomic E-state index is -1.49. The maximum Gasteiger partial charge on any atom is 0.305 e. The SMILES string of the molecule is CC[C@@H](C(=O)N[C@@H](CC(=O)O)C(C)=O)n1ccnc(N(Cc2nonc2C)c2nccn(CC(=O)N[C@@H](CC(=O)O)C(=O)COCc3ccccc3)c2=O)c1=O. The lowest BCUT2D eigenvalue weighted by molar-refractivity contribution is -0.141. The fourth-order valence-electron chi connectivity index (χ4n) is 5.39. The number of nitrogens with zero attached hydrogens (tertiary/aromatic N) is 7. The number of ether oxygens (including phenoxy) is 1. The van der Waals surface area contributed by atoms with Crippen LogP contribution in [0.1, 0.15) is 56.1 Å². The third-order valence-corrected chi connectivity index (χ3v) is 8.29. The van der Waals surface area contributed by atoms with Gasteiger partial charge in [0.15, 0.2) is 11.6 Å². The Balaban J connectivity index is 1.63. The van der Waals surface area contributed by atoms with E-state index in [0.717, 1.165) is 38.9 Å². The first-order valence-corrected chi connectivity index (χ1v) is 17.1. The number of amides is 2. The summed E-state index contributed by atoms with van der Waals surface area (Å²) in [5.74, 6) is -6.62. The summed E-state index contributed by atoms with van der Waals surface area (Å²) in [5, 5.41) is 30.9. The number of benzene rings is 1. The summed E-state index contributed by atoms with van der Waals surface area (Å²) in [7, 11) is 0. The molecule has 0 saturated heterocycles. The Morgan fingerprint density at radius 1 is 0.893 bits per heavy atom. The van der Waals surface area contributed by atoms with E-state index in [9.17, 15) is 48.6 Å². The molecule has 0 bridgehead atoms. The zero-order chi connectivity index (χ0) is 40.9. The molecule has 4 rings (SSSR count). The Labute approximate surface area is 317 Å². The topological polar surface area (TPSA) is 288 Å². The summed E-state index contributed by atoms with van der Waals surface area (Å²) < 4.78 is 12.1. The molecule has 3 aromatic heterocycles. The number of carboxylic acids is 2. The largest absolute Gasteiger partial charge is 0.481 e. The lowest BCUT2D eigenvalue weighted by Gasteiger charge is -2.24. The van der Waals surface area contributed by atoms with Crippen molar-refractivity contribution in [1.29, 1.82) is 0 Å². The van der Waals surface area contributed by atoms with Crippen molar-refractivity contribution in [3.63, 3.8) is 0 Å². The van der Waals surface area contributed by atoms with Gasteiger partial charge in [-0.2, -0.15) is 0 Å². The number of rotatable bonds is 21. The summed E-state index contributed by atoms with van der Waals surface area (Å²) in [5.41, 5.74) is -0.623. The van der Waals surface area contributed by atoms with Crippen LogP contribution in [0.3, 0.4) is 0 Å². The van der Waals surface area contributed by atoms with Gasteiger partial charge in [0.1, 0.15) is 36.6 Å². The monoisotopic (exact) mass is 777 g/mol. The van der Waals surface area contributed by atoms with Gasteiger partial charge in [-0.25, -0.2) is 14.6 Å². The second-order valence-electron chi connectivity index (χ2n) is 12.4. The molecule has 3 atom stereocenters. The first-order valence-electron chi connectivity index (χ1n) is 17.1. The van der Waals surface area contributed by atoms with Crippen LogP contribution in [-0.2, 0) is 53.2 Å². The predicted molar refractivity (Wildman–Crippen MR) is 191 cm³/mol. The molecule has 0 unspecified atom stereocenters. The van der Waals surface area contributed by atoms with Gasteiger partial charge in [-0.05, 0) is 25.8 Å². The zero-order valence-electron chi connectivity index (χ0n) is 30.5. The molecular weight excluding hydrogens is 738 g/mol. The van der Waals surface area contributed by atoms with Gasteiger partial charge in [0.2, 0.25) is 23.5 Å². The van der Waals surface area contributed by atoms with Gasteiger partial charge < -0.3 is 30.2 Å². The summed E-state index contributed by atoms with van der Waals surface area (Å²) >= 11 is 0. The standard InChI is InChI=1S/C35H39N9O12/c1-4-26(33(52)39-23(21(3)45)14-29(48)49)43-13-11-37-32(35(43)54)44(16-25-20(2)40-56-41-25)31-34(53)42(12-10-36-31)17-28(47)38-24(15-30(50)51)27(46)19-55-18-22-8-6-5-7-9-22/h5-13,23-24,26H,4,14-19H2,1-3H3,(H,38,47)(H,39,52)(H,48,49)(H,50,51)/t23-,24-,26-/m0/s1. The van der Waals surface area contributed by atoms with Crippen LogP contribution in [0.5, 0.6) is 0 Å². The third-order valence-electron chi connectivity index (χ3n) is 8.29. The van der Waals surface area contributed by atoms with E-state index in [1.807, 2.05) is 0 Å². The molecular formula is C35H39N9O12. The molecule has 0 saturated carbocycles. The van der Waals surface area contributed by atoms with Crippen LogP contribution in [-0.4, -0.2) is 93.6 Å². The minimum Gasteiger partial charge on any atom is -0.481 e. The Morgan fingerprint density at radius 3 is 2.14 bits per heavy atom. The Kier molecular flexibility index (Phi) is 14.5. The molecule has 0 spiro atoms. The van der Waals surface area contributed by atoms with Crippen molar-refractivity contribution in [3.8, 4) is 0 Å². The van der Waals surface area contributed by atoms with Gasteiger partial charge in [0.25, 0.3) is 11.1 Å². The number of hydrogen-bond donors (Lipinski definition) is 4. The molecule has 4 aromatic rings. The highest BCUT2D eigenvalue weighted by Gasteiger charge is 2.30. The van der Waals surface area contributed by atoms with Crippen LogP contribution in [0.4, 0.5) is 11.6 Å². The quantitative estimate of drug-likeness (QED) is 0.0871. The number of aryl methyl sites for hydroxylation is 1. The highest BCUT2D eigenvalue weighted by molar-refractivity contribution is 5.93. The Hall–Kier alpha value is -6.90. The van der Waals surface area contributed by atoms with Gasteiger partial charge >= 0.3 is 11.9 Å². The zero-order valence-corrected chi connectivity index (χ0v) is 30.5. The smallest absolute Gasteiger partial charge is 0.305 e. The highest BCUT2D eigenvalue weighted by Crippen LogP contribution is 2.20. The van der Waals surface area contributed by atoms with Crippen molar-refractivity contribution in [1.82, 2.24) is 40.0 Å². The van der Waals surface area contributed by atoms with Crippen LogP contribution in [0, 0.1) is 6.92 Å². The fraction of sp³-hybridized carbons (Fsp3) is 0.371. The summed E-state index contributed by atoms with van der Waals surface area (Å²) in [4.78, 5) is 112. The number of carboxylic acid groups (broad SMARTS) is 2. The van der Waals surface area contributed by atoms with Gasteiger partial charge in [-0.1, -0.05) is 47.6 Å². The van der Waals surface area contributed by atoms with E-state index >= 15 is 0 Å². The molecule has 0 aliphatic rings. The number of aromatic nitrogens is 6. The third kappa shape index (κ3) is 11.1. The first-order chi connectivity index (χ1) is 26.7. The maximum atomic E-state index is 14.1. The van der Waals surface area contributed by atoms with E-state index < -0.39 is 102 Å². The molecule has 0 radical (unpaired) electrons. The molecule has 1 aromatic carbocycles. The van der Waals surface area contributed by atoms with E-state index in [0.29, 0.717) is 0 Å². The van der Waals surface area contributed by atoms with Crippen molar-refractivity contribution < 1.29 is 48.3 Å². The molecule has 296 valence electrons. The van der Waals surface area contributed by atoms with Crippen molar-refractivity contribution in [2.75, 3.05) is 11.5 Å². The second kappa shape index (κ2) is 19.4. The number of hydrogen-bond acceptors (Lipinski definition) is 15. The fourth-order valence-corrected chi connectivity index (χ4v) is 5.39. The van der Waals surface area contributed by atoms with Crippen LogP contribution >= 0.6 is 0 Å². The molecule has 3 heterocycles. The van der Waals surface area contributed by atoms with Crippen molar-refractivity contribution in [2.24, 2.45) is 0 Å². The highest BCUT2D eigenvalue weighted by atomic mass is 16.6. The van der Waals surface area contributed by atoms with E-state index in [4.69, 9.17) is 9.37 Å². The number of carbonyl (C=O) groups excluding carboxylic acids is 4. The van der Waals surface area contributed by atoms with Crippen LogP contribution in [0.15, 0.2) is 69.3 Å². The van der Waals surface area contributed by atoms with Gasteiger partial charge in [0, 0.05) is 24.8 Å². The molecule has 0 fully saturated rings. The van der Waals surface area contributed by atoms with Gasteiger partial charge in [0.05, 0.1) is 32.0 Å².